The molecular formula is C13H14N4O. The molecule has 0 aliphatic heterocycles. The smallest absolute Gasteiger partial charge is 0.272 e. The van der Waals surface area contributed by atoms with E-state index in [9.17, 15) is 4.79 Å². The molecule has 5 heteroatoms. The van der Waals surface area contributed by atoms with Gasteiger partial charge in [0.05, 0.1) is 0 Å². The molecule has 0 atom stereocenters. The van der Waals surface area contributed by atoms with Crippen LogP contribution in [-0.4, -0.2) is 39.4 Å². The maximum Gasteiger partial charge on any atom is 0.272 e. The second-order valence-electron chi connectivity index (χ2n) is 3.93. The Balaban J connectivity index is 1.93. The van der Waals surface area contributed by atoms with Gasteiger partial charge in [0.2, 0.25) is 0 Å². The molecule has 0 saturated carbocycles. The molecule has 0 aromatic carbocycles. The van der Waals surface area contributed by atoms with Gasteiger partial charge in [-0.2, -0.15) is 0 Å². The van der Waals surface area contributed by atoms with Crippen LogP contribution < -0.4 is 0 Å². The Labute approximate surface area is 106 Å². The number of hydrogen-bond donors (Lipinski definition) is 0. The third kappa shape index (κ3) is 3.10. The molecule has 0 unspecified atom stereocenters. The molecule has 2 heterocycles. The lowest BCUT2D eigenvalue weighted by atomic mass is 10.2. The van der Waals surface area contributed by atoms with Gasteiger partial charge in [-0.3, -0.25) is 9.78 Å². The average molecular weight is 242 g/mol. The molecule has 0 fully saturated rings. The lowest BCUT2D eigenvalue weighted by molar-refractivity contribution is 0.0790. The standard InChI is InChI=1S/C13H14N4O/c1-17(9-5-11-2-6-14-7-3-11)13(18)12-4-8-15-10-16-12/h2-4,6-8,10H,5,9H2,1H3. The van der Waals surface area contributed by atoms with Crippen molar-refractivity contribution in [1.29, 1.82) is 0 Å². The van der Waals surface area contributed by atoms with Crippen molar-refractivity contribution < 1.29 is 4.79 Å². The molecule has 0 saturated heterocycles. The number of pyridine rings is 1. The van der Waals surface area contributed by atoms with Gasteiger partial charge in [-0.15, -0.1) is 0 Å². The topological polar surface area (TPSA) is 59.0 Å². The van der Waals surface area contributed by atoms with Crippen LogP contribution in [0.15, 0.2) is 43.1 Å². The predicted octanol–water partition coefficient (Wildman–Crippen LogP) is 1.19. The number of rotatable bonds is 4. The van der Waals surface area contributed by atoms with E-state index in [1.807, 2.05) is 12.1 Å². The van der Waals surface area contributed by atoms with Gasteiger partial charge in [-0.1, -0.05) is 0 Å². The summed E-state index contributed by atoms with van der Waals surface area (Å²) in [5, 5.41) is 0. The van der Waals surface area contributed by atoms with Crippen molar-refractivity contribution in [2.75, 3.05) is 13.6 Å². The predicted molar refractivity (Wildman–Crippen MR) is 66.9 cm³/mol. The van der Waals surface area contributed by atoms with Gasteiger partial charge in [0.25, 0.3) is 5.91 Å². The highest BCUT2D eigenvalue weighted by molar-refractivity contribution is 5.91. The van der Waals surface area contributed by atoms with E-state index in [-0.39, 0.29) is 5.91 Å². The first-order chi connectivity index (χ1) is 8.77. The van der Waals surface area contributed by atoms with Gasteiger partial charge in [0.1, 0.15) is 12.0 Å². The van der Waals surface area contributed by atoms with Crippen LogP contribution in [0.2, 0.25) is 0 Å². The molecular weight excluding hydrogens is 228 g/mol. The second kappa shape index (κ2) is 5.86. The normalized spacial score (nSPS) is 10.1. The number of carbonyl (C=O) groups is 1. The minimum atomic E-state index is -0.0912. The van der Waals surface area contributed by atoms with Gasteiger partial charge in [-0.25, -0.2) is 9.97 Å². The van der Waals surface area contributed by atoms with E-state index in [2.05, 4.69) is 15.0 Å². The van der Waals surface area contributed by atoms with Crippen LogP contribution in [0.1, 0.15) is 16.1 Å². The quantitative estimate of drug-likeness (QED) is 0.808. The number of hydrogen-bond acceptors (Lipinski definition) is 4. The Morgan fingerprint density at radius 1 is 1.17 bits per heavy atom. The summed E-state index contributed by atoms with van der Waals surface area (Å²) < 4.78 is 0. The molecule has 2 aromatic rings. The molecule has 1 amide bonds. The maximum atomic E-state index is 12.0. The van der Waals surface area contributed by atoms with E-state index in [1.165, 1.54) is 6.33 Å². The van der Waals surface area contributed by atoms with Crippen molar-refractivity contribution in [3.8, 4) is 0 Å². The first-order valence-electron chi connectivity index (χ1n) is 5.68. The molecule has 0 aliphatic carbocycles. The number of aromatic nitrogens is 3. The van der Waals surface area contributed by atoms with Crippen LogP contribution in [0, 0.1) is 0 Å². The molecule has 92 valence electrons. The fourth-order valence-corrected chi connectivity index (χ4v) is 1.56. The van der Waals surface area contributed by atoms with Crippen LogP contribution >= 0.6 is 0 Å². The average Bonchev–Trinajstić information content (AvgIpc) is 2.46. The summed E-state index contributed by atoms with van der Waals surface area (Å²) in [6.45, 7) is 0.646. The number of carbonyl (C=O) groups excluding carboxylic acids is 1. The first kappa shape index (κ1) is 12.2. The molecule has 2 rings (SSSR count). The second-order valence-corrected chi connectivity index (χ2v) is 3.93. The molecule has 0 spiro atoms. The van der Waals surface area contributed by atoms with Crippen LogP contribution in [0.4, 0.5) is 0 Å². The first-order valence-corrected chi connectivity index (χ1v) is 5.68. The van der Waals surface area contributed by atoms with E-state index in [1.54, 1.807) is 36.6 Å². The minimum Gasteiger partial charge on any atom is -0.340 e. The Bertz CT molecular complexity index is 501. The zero-order chi connectivity index (χ0) is 12.8. The third-order valence-electron chi connectivity index (χ3n) is 2.63. The molecule has 0 N–H and O–H groups in total. The summed E-state index contributed by atoms with van der Waals surface area (Å²) in [6.07, 6.45) is 7.25. The highest BCUT2D eigenvalue weighted by atomic mass is 16.2. The van der Waals surface area contributed by atoms with E-state index >= 15 is 0 Å². The summed E-state index contributed by atoms with van der Waals surface area (Å²) >= 11 is 0. The van der Waals surface area contributed by atoms with E-state index in [4.69, 9.17) is 0 Å². The molecule has 0 bridgehead atoms. The van der Waals surface area contributed by atoms with Crippen LogP contribution in [0.25, 0.3) is 0 Å². The highest BCUT2D eigenvalue weighted by Gasteiger charge is 2.12. The zero-order valence-corrected chi connectivity index (χ0v) is 10.2. The van der Waals surface area contributed by atoms with Crippen molar-refractivity contribution in [2.24, 2.45) is 0 Å². The zero-order valence-electron chi connectivity index (χ0n) is 10.2. The van der Waals surface area contributed by atoms with Gasteiger partial charge in [0.15, 0.2) is 0 Å². The van der Waals surface area contributed by atoms with Crippen molar-refractivity contribution in [2.45, 2.75) is 6.42 Å². The molecule has 0 aliphatic rings. The SMILES string of the molecule is CN(CCc1ccncc1)C(=O)c1ccncn1. The van der Waals surface area contributed by atoms with Crippen LogP contribution in [0.3, 0.4) is 0 Å². The van der Waals surface area contributed by atoms with Crippen LogP contribution in [0.5, 0.6) is 0 Å². The summed E-state index contributed by atoms with van der Waals surface area (Å²) in [5.74, 6) is -0.0912. The van der Waals surface area contributed by atoms with Gasteiger partial charge >= 0.3 is 0 Å². The maximum absolute atomic E-state index is 12.0. The van der Waals surface area contributed by atoms with Gasteiger partial charge in [-0.05, 0) is 30.2 Å². The van der Waals surface area contributed by atoms with Crippen molar-refractivity contribution >= 4 is 5.91 Å². The number of nitrogens with zero attached hydrogens (tertiary/aromatic N) is 4. The Hall–Kier alpha value is -2.30. The third-order valence-corrected chi connectivity index (χ3v) is 2.63. The minimum absolute atomic E-state index is 0.0912. The van der Waals surface area contributed by atoms with Crippen molar-refractivity contribution in [3.63, 3.8) is 0 Å². The number of amides is 1. The van der Waals surface area contributed by atoms with E-state index in [0.717, 1.165) is 12.0 Å². The monoisotopic (exact) mass is 242 g/mol. The number of likely N-dealkylation sites (N-methyl/N-ethyl adjacent to an activating group) is 1. The Morgan fingerprint density at radius 3 is 2.56 bits per heavy atom. The fourth-order valence-electron chi connectivity index (χ4n) is 1.56. The van der Waals surface area contributed by atoms with Crippen molar-refractivity contribution in [1.82, 2.24) is 19.9 Å². The summed E-state index contributed by atoms with van der Waals surface area (Å²) in [5.41, 5.74) is 1.58. The fraction of sp³-hybridized carbons (Fsp3) is 0.231. The van der Waals surface area contributed by atoms with Crippen molar-refractivity contribution in [3.05, 3.63) is 54.4 Å². The molecule has 2 aromatic heterocycles. The Morgan fingerprint density at radius 2 is 1.89 bits per heavy atom. The van der Waals surface area contributed by atoms with Gasteiger partial charge in [0, 0.05) is 32.2 Å². The molecule has 5 nitrogen and oxygen atoms in total. The highest BCUT2D eigenvalue weighted by Crippen LogP contribution is 2.02. The summed E-state index contributed by atoms with van der Waals surface area (Å²) in [4.78, 5) is 25.3. The van der Waals surface area contributed by atoms with Crippen LogP contribution in [-0.2, 0) is 6.42 Å². The molecule has 18 heavy (non-hydrogen) atoms. The lowest BCUT2D eigenvalue weighted by Crippen LogP contribution is -2.29. The summed E-state index contributed by atoms with van der Waals surface area (Å²) in [6, 6.07) is 5.51. The summed E-state index contributed by atoms with van der Waals surface area (Å²) in [7, 11) is 1.77. The van der Waals surface area contributed by atoms with E-state index < -0.39 is 0 Å². The Kier molecular flexibility index (Phi) is 3.96. The molecule has 0 radical (unpaired) electrons. The largest absolute Gasteiger partial charge is 0.340 e. The van der Waals surface area contributed by atoms with E-state index in [0.29, 0.717) is 12.2 Å². The lowest BCUT2D eigenvalue weighted by Gasteiger charge is -2.16. The van der Waals surface area contributed by atoms with Gasteiger partial charge < -0.3 is 4.90 Å².